The largest absolute Gasteiger partial charge is 0.449 e. The van der Waals surface area contributed by atoms with Gasteiger partial charge in [0.05, 0.1) is 5.69 Å². The smallest absolute Gasteiger partial charge is 0.223 e. The maximum Gasteiger partial charge on any atom is 0.223 e. The fourth-order valence-corrected chi connectivity index (χ4v) is 5.95. The van der Waals surface area contributed by atoms with Gasteiger partial charge >= 0.3 is 0 Å². The molecule has 13 aromatic rings. The van der Waals surface area contributed by atoms with Crippen molar-refractivity contribution in [3.63, 3.8) is 0 Å². The SMILES string of the molecule is CC.CC.CC.CC.CC.CC.Cc1ccn[nH]1.Cc1ncn[nH]1.Cc1ncn[nH]1.Cc1ncn[nH]1.Cc1ncoc1C.Cc1nnc(C)o1.Cc1nnc(C)s1.Cc1noc(C)n1.Cc1noc(C)n1.Cc1nsc(C)n1.Cc1nsc(C)n1.Cn1cncn1.Cn1cnnc1. The molecule has 13 heterocycles. The van der Waals surface area contributed by atoms with E-state index in [1.165, 1.54) is 54.8 Å². The van der Waals surface area contributed by atoms with Gasteiger partial charge in [0.25, 0.3) is 0 Å². The van der Waals surface area contributed by atoms with Crippen molar-refractivity contribution in [2.75, 3.05) is 0 Å². The Kier molecular flexibility index (Phi) is 70.0. The Labute approximate surface area is 585 Å². The summed E-state index contributed by atoms with van der Waals surface area (Å²) >= 11 is 4.51. The van der Waals surface area contributed by atoms with Crippen LogP contribution in [0.1, 0.15) is 185 Å². The highest BCUT2D eigenvalue weighted by Crippen LogP contribution is 2.04. The lowest BCUT2D eigenvalue weighted by Gasteiger charge is -1.76. The molecule has 0 aromatic carbocycles. The fourth-order valence-electron chi connectivity index (χ4n) is 4.40. The molecule has 0 bridgehead atoms. The maximum absolute atomic E-state index is 4.86. The van der Waals surface area contributed by atoms with Crippen LogP contribution in [0, 0.1) is 125 Å². The molecule has 13 aromatic heterocycles. The van der Waals surface area contributed by atoms with Crippen molar-refractivity contribution in [3.05, 3.63) is 164 Å². The predicted molar refractivity (Wildman–Crippen MR) is 382 cm³/mol. The van der Waals surface area contributed by atoms with Crippen LogP contribution in [0.25, 0.3) is 0 Å². The molecule has 0 atom stereocenters. The number of hydrogen-bond donors (Lipinski definition) is 4. The lowest BCUT2D eigenvalue weighted by molar-refractivity contribution is 0.389. The molecule has 0 unspecified atom stereocenters. The van der Waals surface area contributed by atoms with Crippen LogP contribution in [0.4, 0.5) is 0 Å². The Morgan fingerprint density at radius 1 is 0.412 bits per heavy atom. The molecule has 0 radical (unpaired) electrons. The third-order valence-electron chi connectivity index (χ3n) is 8.07. The highest BCUT2D eigenvalue weighted by molar-refractivity contribution is 7.11. The van der Waals surface area contributed by atoms with Crippen molar-refractivity contribution in [2.45, 2.75) is 208 Å². The summed E-state index contributed by atoms with van der Waals surface area (Å²) in [6.07, 6.45) is 14.0. The zero-order valence-electron chi connectivity index (χ0n) is 63.3. The molecule has 13 rings (SSSR count). The highest BCUT2D eigenvalue weighted by atomic mass is 32.1. The fraction of sp³-hybridized carbons (Fsp3) is 0.533. The first kappa shape index (κ1) is 98.3. The second-order valence-corrected chi connectivity index (χ2v) is 19.6. The first-order chi connectivity index (χ1) is 46.4. The van der Waals surface area contributed by atoms with Crippen molar-refractivity contribution in [1.29, 1.82) is 0 Å². The van der Waals surface area contributed by atoms with Crippen LogP contribution in [0.2, 0.25) is 0 Å². The van der Waals surface area contributed by atoms with Crippen LogP contribution < -0.4 is 0 Å². The maximum atomic E-state index is 4.86. The van der Waals surface area contributed by atoms with E-state index in [-0.39, 0.29) is 0 Å². The van der Waals surface area contributed by atoms with Gasteiger partial charge in [0, 0.05) is 53.7 Å². The minimum absolute atomic E-state index is 0.623. The topological polar surface area (TPSA) is 435 Å². The Morgan fingerprint density at radius 2 is 0.814 bits per heavy atom. The number of aromatic nitrogens is 30. The van der Waals surface area contributed by atoms with E-state index in [0.717, 1.165) is 66.3 Å². The van der Waals surface area contributed by atoms with Gasteiger partial charge in [0.2, 0.25) is 23.6 Å². The average molecular weight is 1410 g/mol. The summed E-state index contributed by atoms with van der Waals surface area (Å²) in [6.45, 7) is 57.5. The second-order valence-electron chi connectivity index (χ2n) is 16.3. The van der Waals surface area contributed by atoms with Gasteiger partial charge in [-0.1, -0.05) is 93.4 Å². The number of aromatic amines is 4. The summed E-state index contributed by atoms with van der Waals surface area (Å²) in [4.78, 5) is 34.5. The number of oxazole rings is 1. The monoisotopic (exact) mass is 1410 g/mol. The van der Waals surface area contributed by atoms with Gasteiger partial charge in [-0.3, -0.25) is 25.1 Å². The summed E-state index contributed by atoms with van der Waals surface area (Å²) < 4.78 is 30.2. The molecule has 97 heavy (non-hydrogen) atoms. The molecule has 0 aliphatic rings. The third-order valence-corrected chi connectivity index (χ3v) is 10.2. The normalized spacial score (nSPS) is 8.41. The van der Waals surface area contributed by atoms with E-state index in [9.17, 15) is 0 Å². The van der Waals surface area contributed by atoms with Gasteiger partial charge in [-0.2, -0.15) is 44.2 Å². The Bertz CT molecular complexity index is 2830. The van der Waals surface area contributed by atoms with Crippen LogP contribution in [0.5, 0.6) is 0 Å². The molecule has 0 fully saturated rings. The molecule has 4 N–H and O–H groups in total. The number of aryl methyl sites for hydroxylation is 20. The number of nitrogens with zero attached hydrogens (tertiary/aromatic N) is 26. The van der Waals surface area contributed by atoms with Gasteiger partial charge in [-0.25, -0.2) is 34.9 Å². The zero-order chi connectivity index (χ0) is 75.4. The van der Waals surface area contributed by atoms with E-state index in [4.69, 9.17) is 8.83 Å². The minimum Gasteiger partial charge on any atom is -0.449 e. The summed E-state index contributed by atoms with van der Waals surface area (Å²) in [6, 6.07) is 1.92. The Balaban J connectivity index is -0.000000228. The molecule has 37 heteroatoms. The van der Waals surface area contributed by atoms with Crippen molar-refractivity contribution >= 4 is 34.4 Å². The quantitative estimate of drug-likeness (QED) is 0.110. The molecule has 0 aliphatic carbocycles. The molecular formula is C60H110N30O4S3. The third kappa shape index (κ3) is 66.1. The number of rotatable bonds is 0. The summed E-state index contributed by atoms with van der Waals surface area (Å²) in [7, 11) is 3.70. The van der Waals surface area contributed by atoms with Crippen LogP contribution >= 0.6 is 34.4 Å². The average Bonchev–Trinajstić information content (AvgIpc) is 4.63. The highest BCUT2D eigenvalue weighted by Gasteiger charge is 1.94. The lowest BCUT2D eigenvalue weighted by Crippen LogP contribution is -1.83. The summed E-state index contributed by atoms with van der Waals surface area (Å²) in [5.41, 5.74) is 2.08. The molecule has 0 saturated carbocycles. The molecule has 34 nitrogen and oxygen atoms in total. The number of nitrogens with one attached hydrogen (secondary N) is 4. The van der Waals surface area contributed by atoms with Gasteiger partial charge < -0.3 is 22.4 Å². The summed E-state index contributed by atoms with van der Waals surface area (Å²) in [5, 5.41) is 61.9. The molecule has 0 saturated heterocycles. The van der Waals surface area contributed by atoms with Gasteiger partial charge in [-0.15, -0.1) is 41.9 Å². The van der Waals surface area contributed by atoms with Crippen LogP contribution in [0.3, 0.4) is 0 Å². The van der Waals surface area contributed by atoms with Crippen molar-refractivity contribution in [1.82, 2.24) is 150 Å². The molecular weight excluding hydrogens is 1300 g/mol. The number of hydrogen-bond acceptors (Lipinski definition) is 31. The van der Waals surface area contributed by atoms with E-state index >= 15 is 0 Å². The van der Waals surface area contributed by atoms with E-state index in [0.29, 0.717) is 35.2 Å². The van der Waals surface area contributed by atoms with Crippen molar-refractivity contribution in [2.24, 2.45) is 14.1 Å². The van der Waals surface area contributed by atoms with Gasteiger partial charge in [-0.05, 0) is 126 Å². The molecule has 0 spiro atoms. The molecule has 0 amide bonds. The Morgan fingerprint density at radius 3 is 0.907 bits per heavy atom. The van der Waals surface area contributed by atoms with Crippen LogP contribution in [-0.4, -0.2) is 150 Å². The van der Waals surface area contributed by atoms with E-state index in [2.05, 4.69) is 149 Å². The lowest BCUT2D eigenvalue weighted by atomic mass is 10.4. The Hall–Kier alpha value is -9.78. The predicted octanol–water partition coefficient (Wildman–Crippen LogP) is 13.7. The van der Waals surface area contributed by atoms with Crippen molar-refractivity contribution < 1.29 is 17.9 Å². The van der Waals surface area contributed by atoms with E-state index in [1.54, 1.807) is 87.3 Å². The second kappa shape index (κ2) is 69.1. The zero-order valence-corrected chi connectivity index (χ0v) is 65.7. The summed E-state index contributed by atoms with van der Waals surface area (Å²) in [5.74, 6) is 9.10. The molecule has 542 valence electrons. The van der Waals surface area contributed by atoms with Crippen LogP contribution in [0.15, 0.2) is 80.8 Å². The standard InChI is InChI=1S/C5H7NO.3C4H6N2O.3C4H6N2S.C4H6N2.5C3H5N3.6C2H6/c1-4-5(2)7-3-6-4;1-3-5-6-4(2)7-3;2*1-3-5-4(2)7-6-3;1-3-5-6-4(2)7-3;2*1-3-5-4(2)7-6-3;1-4-2-3-5-6-4;1-6-2-4-5-3-6;1-6-3-4-2-5-6;3*1-3-4-2-5-6-3;6*1-2/h3H,1-2H3;6*1-2H3;2-3H,1H3,(H,5,6);2*2-3H,1H3;3*2H,1H3,(H,4,5,6);6*1-2H3. The van der Waals surface area contributed by atoms with E-state index < -0.39 is 0 Å². The van der Waals surface area contributed by atoms with Gasteiger partial charge in [0.1, 0.15) is 99.2 Å². The van der Waals surface area contributed by atoms with Gasteiger partial charge in [0.15, 0.2) is 18.0 Å². The first-order valence-electron chi connectivity index (χ1n) is 30.9. The first-order valence-corrected chi connectivity index (χ1v) is 33.2. The molecule has 0 aliphatic heterocycles. The minimum atomic E-state index is 0.623. The number of H-pyrrole nitrogens is 4. The van der Waals surface area contributed by atoms with Crippen molar-refractivity contribution in [3.8, 4) is 0 Å². The van der Waals surface area contributed by atoms with E-state index in [1.807, 2.05) is 186 Å². The van der Waals surface area contributed by atoms with Crippen LogP contribution in [-0.2, 0) is 14.1 Å².